The van der Waals surface area contributed by atoms with Crippen molar-refractivity contribution in [3.63, 3.8) is 0 Å². The molecule has 1 aromatic heterocycles. The van der Waals surface area contributed by atoms with Crippen molar-refractivity contribution in [2.45, 2.75) is 0 Å². The first-order valence-electron chi connectivity index (χ1n) is 2.87. The summed E-state index contributed by atoms with van der Waals surface area (Å²) in [6.45, 7) is 0. The van der Waals surface area contributed by atoms with Crippen LogP contribution in [0.5, 0.6) is 0 Å². The van der Waals surface area contributed by atoms with Crippen LogP contribution >= 0.6 is 11.6 Å². The summed E-state index contributed by atoms with van der Waals surface area (Å²) in [6, 6.07) is 7.45. The Balaban J connectivity index is 0.000000605. The predicted octanol–water partition coefficient (Wildman–Crippen LogP) is 1.83. The quantitative estimate of drug-likeness (QED) is 0.574. The molecule has 0 aliphatic rings. The Morgan fingerprint density at radius 2 is 2.00 bits per heavy atom. The number of oxazole rings is 1. The molecule has 52 valence electrons. The van der Waals surface area contributed by atoms with Gasteiger partial charge in [0.25, 0.3) is 5.35 Å². The van der Waals surface area contributed by atoms with E-state index in [-0.39, 0.29) is 34.9 Å². The first-order chi connectivity index (χ1) is 4.86. The van der Waals surface area contributed by atoms with Crippen LogP contribution in [0.1, 0.15) is 0 Å². The average Bonchev–Trinajstić information content (AvgIpc) is 2.27. The molecule has 0 spiro atoms. The second-order valence-electron chi connectivity index (χ2n) is 1.93. The first-order valence-corrected chi connectivity index (χ1v) is 3.25. The van der Waals surface area contributed by atoms with Gasteiger partial charge in [0.05, 0.1) is 0 Å². The van der Waals surface area contributed by atoms with E-state index < -0.39 is 0 Å². The van der Waals surface area contributed by atoms with Gasteiger partial charge in [-0.05, 0) is 23.7 Å². The molecule has 0 aliphatic heterocycles. The zero-order valence-electron chi connectivity index (χ0n) is 5.04. The number of para-hydroxylation sites is 2. The van der Waals surface area contributed by atoms with Crippen LogP contribution in [-0.2, 0) is 0 Å². The fourth-order valence-corrected chi connectivity index (χ4v) is 1.02. The van der Waals surface area contributed by atoms with Gasteiger partial charge in [-0.15, -0.1) is 0 Å². The predicted molar refractivity (Wildman–Crippen MR) is 46.2 cm³/mol. The van der Waals surface area contributed by atoms with Gasteiger partial charge in [0.15, 0.2) is 5.58 Å². The van der Waals surface area contributed by atoms with E-state index in [2.05, 4.69) is 4.98 Å². The summed E-state index contributed by atoms with van der Waals surface area (Å²) < 4.78 is 5.02. The molecule has 11 heavy (non-hydrogen) atoms. The number of halogens is 1. The standard InChI is InChI=1S/C7H4ClNO.Na.H/c8-7-9-5-3-1-2-4-6(5)10-7;;/h1-4H;;. The van der Waals surface area contributed by atoms with Crippen molar-refractivity contribution in [1.82, 2.24) is 4.98 Å². The van der Waals surface area contributed by atoms with Gasteiger partial charge in [-0.2, -0.15) is 4.98 Å². The summed E-state index contributed by atoms with van der Waals surface area (Å²) >= 11 is 5.51. The molecule has 0 saturated carbocycles. The van der Waals surface area contributed by atoms with Crippen molar-refractivity contribution >= 4 is 52.3 Å². The number of nitrogens with zero attached hydrogens (tertiary/aromatic N) is 1. The minimum atomic E-state index is 0. The normalized spacial score (nSPS) is 9.55. The second kappa shape index (κ2) is 3.59. The number of rotatable bonds is 0. The van der Waals surface area contributed by atoms with E-state index in [1.54, 1.807) is 0 Å². The van der Waals surface area contributed by atoms with Crippen LogP contribution in [0.2, 0.25) is 5.35 Å². The summed E-state index contributed by atoms with van der Waals surface area (Å²) in [5.74, 6) is 0. The summed E-state index contributed by atoms with van der Waals surface area (Å²) in [5.41, 5.74) is 1.53. The molecule has 0 N–H and O–H groups in total. The van der Waals surface area contributed by atoms with Gasteiger partial charge in [0, 0.05) is 0 Å². The molecule has 4 heteroatoms. The van der Waals surface area contributed by atoms with Crippen LogP contribution < -0.4 is 0 Å². The molecule has 2 rings (SSSR count). The van der Waals surface area contributed by atoms with Crippen LogP contribution in [0.25, 0.3) is 11.1 Å². The van der Waals surface area contributed by atoms with Crippen LogP contribution in [0, 0.1) is 0 Å². The Labute approximate surface area is 90.8 Å². The molecule has 0 atom stereocenters. The number of benzene rings is 1. The molecule has 0 fully saturated rings. The van der Waals surface area contributed by atoms with E-state index in [1.165, 1.54) is 0 Å². The van der Waals surface area contributed by atoms with Crippen molar-refractivity contribution in [3.05, 3.63) is 29.6 Å². The van der Waals surface area contributed by atoms with E-state index in [1.807, 2.05) is 24.3 Å². The molecule has 0 unspecified atom stereocenters. The number of aromatic nitrogens is 1. The molecular formula is C7H5ClNNaO. The Morgan fingerprint density at radius 3 is 2.73 bits per heavy atom. The van der Waals surface area contributed by atoms with Gasteiger partial charge in [-0.1, -0.05) is 12.1 Å². The van der Waals surface area contributed by atoms with E-state index in [0.29, 0.717) is 0 Å². The van der Waals surface area contributed by atoms with Gasteiger partial charge < -0.3 is 4.42 Å². The first kappa shape index (κ1) is 9.07. The monoisotopic (exact) mass is 177 g/mol. The Bertz CT molecular complexity index is 327. The molecule has 0 radical (unpaired) electrons. The molecule has 0 bridgehead atoms. The number of fused-ring (bicyclic) bond motifs is 1. The summed E-state index contributed by atoms with van der Waals surface area (Å²) in [4.78, 5) is 3.91. The molecule has 2 aromatic rings. The summed E-state index contributed by atoms with van der Waals surface area (Å²) in [5, 5.41) is 0.196. The van der Waals surface area contributed by atoms with Crippen LogP contribution in [-0.4, -0.2) is 34.5 Å². The van der Waals surface area contributed by atoms with Crippen LogP contribution in [0.15, 0.2) is 28.7 Å². The maximum absolute atomic E-state index is 5.51. The fraction of sp³-hybridized carbons (Fsp3) is 0. The number of hydrogen-bond donors (Lipinski definition) is 0. The number of hydrogen-bond acceptors (Lipinski definition) is 2. The molecule has 0 aliphatic carbocycles. The molecule has 1 heterocycles. The SMILES string of the molecule is Clc1nc2ccccc2o1.[NaH]. The van der Waals surface area contributed by atoms with Gasteiger partial charge in [-0.3, -0.25) is 0 Å². The Morgan fingerprint density at radius 1 is 1.27 bits per heavy atom. The van der Waals surface area contributed by atoms with Crippen molar-refractivity contribution in [2.75, 3.05) is 0 Å². The topological polar surface area (TPSA) is 26.0 Å². The molecule has 2 nitrogen and oxygen atoms in total. The van der Waals surface area contributed by atoms with Crippen molar-refractivity contribution in [3.8, 4) is 0 Å². The van der Waals surface area contributed by atoms with Crippen LogP contribution in [0.3, 0.4) is 0 Å². The van der Waals surface area contributed by atoms with Gasteiger partial charge >= 0.3 is 29.6 Å². The van der Waals surface area contributed by atoms with Crippen LogP contribution in [0.4, 0.5) is 0 Å². The zero-order chi connectivity index (χ0) is 6.97. The molecule has 0 saturated heterocycles. The second-order valence-corrected chi connectivity index (χ2v) is 2.26. The maximum atomic E-state index is 5.51. The van der Waals surface area contributed by atoms with Gasteiger partial charge in [0.1, 0.15) is 5.52 Å². The average molecular weight is 178 g/mol. The summed E-state index contributed by atoms with van der Waals surface area (Å²) in [7, 11) is 0. The summed E-state index contributed by atoms with van der Waals surface area (Å²) in [6.07, 6.45) is 0. The molecule has 1 aromatic carbocycles. The van der Waals surface area contributed by atoms with Crippen molar-refractivity contribution in [2.24, 2.45) is 0 Å². The third kappa shape index (κ3) is 1.76. The fourth-order valence-electron chi connectivity index (χ4n) is 0.844. The van der Waals surface area contributed by atoms with Gasteiger partial charge in [-0.25, -0.2) is 0 Å². The molecule has 0 amide bonds. The third-order valence-corrected chi connectivity index (χ3v) is 1.43. The van der Waals surface area contributed by atoms with Gasteiger partial charge in [0.2, 0.25) is 0 Å². The van der Waals surface area contributed by atoms with E-state index in [9.17, 15) is 0 Å². The van der Waals surface area contributed by atoms with Crippen molar-refractivity contribution in [1.29, 1.82) is 0 Å². The minimum absolute atomic E-state index is 0. The van der Waals surface area contributed by atoms with E-state index in [0.717, 1.165) is 11.1 Å². The van der Waals surface area contributed by atoms with Crippen molar-refractivity contribution < 1.29 is 4.42 Å². The van der Waals surface area contributed by atoms with E-state index >= 15 is 0 Å². The Kier molecular flexibility index (Phi) is 2.96. The Hall–Kier alpha value is -0.0200. The van der Waals surface area contributed by atoms with E-state index in [4.69, 9.17) is 16.0 Å². The molecular weight excluding hydrogens is 173 g/mol. The zero-order valence-corrected chi connectivity index (χ0v) is 5.80. The third-order valence-electron chi connectivity index (χ3n) is 1.27.